The molecule has 0 aliphatic heterocycles. The van der Waals surface area contributed by atoms with Gasteiger partial charge in [0.05, 0.1) is 11.7 Å². The lowest BCUT2D eigenvalue weighted by Crippen LogP contribution is -2.06. The smallest absolute Gasteiger partial charge is 0.335 e. The van der Waals surface area contributed by atoms with Gasteiger partial charge >= 0.3 is 5.97 Å². The highest BCUT2D eigenvalue weighted by Crippen LogP contribution is 2.13. The molecule has 0 aliphatic carbocycles. The molecule has 0 spiro atoms. The summed E-state index contributed by atoms with van der Waals surface area (Å²) < 4.78 is 0. The van der Waals surface area contributed by atoms with Crippen LogP contribution in [0.25, 0.3) is 0 Å². The van der Waals surface area contributed by atoms with Crippen LogP contribution >= 0.6 is 0 Å². The summed E-state index contributed by atoms with van der Waals surface area (Å²) in [6.07, 6.45) is 2.74. The molecule has 3 nitrogen and oxygen atoms in total. The fourth-order valence-corrected chi connectivity index (χ4v) is 1.68. The number of aromatic carboxylic acids is 1. The fraction of sp³-hybridized carbons (Fsp3) is 0.462. The maximum absolute atomic E-state index is 10.9. The van der Waals surface area contributed by atoms with Crippen LogP contribution in [0.2, 0.25) is 0 Å². The molecule has 0 heterocycles. The number of aliphatic hydroxyl groups is 1. The molecule has 0 saturated heterocycles. The number of hydrogen-bond acceptors (Lipinski definition) is 2. The van der Waals surface area contributed by atoms with Gasteiger partial charge in [-0.15, -0.1) is 0 Å². The van der Waals surface area contributed by atoms with Crippen LogP contribution in [-0.4, -0.2) is 22.3 Å². The van der Waals surface area contributed by atoms with E-state index in [0.29, 0.717) is 12.0 Å². The first-order chi connectivity index (χ1) is 7.65. The highest BCUT2D eigenvalue weighted by Gasteiger charge is 2.09. The number of hydrogen-bond donors (Lipinski definition) is 2. The van der Waals surface area contributed by atoms with Crippen molar-refractivity contribution >= 4 is 5.97 Å². The summed E-state index contributed by atoms with van der Waals surface area (Å²) in [5, 5.41) is 18.4. The molecular formula is C13H18O3. The predicted octanol–water partition coefficient (Wildman–Crippen LogP) is 2.48. The van der Waals surface area contributed by atoms with Crippen molar-refractivity contribution < 1.29 is 15.0 Å². The monoisotopic (exact) mass is 222 g/mol. The third-order valence-electron chi connectivity index (χ3n) is 2.70. The van der Waals surface area contributed by atoms with Gasteiger partial charge in [-0.25, -0.2) is 4.79 Å². The highest BCUT2D eigenvalue weighted by atomic mass is 16.4. The van der Waals surface area contributed by atoms with Crippen LogP contribution in [0, 0.1) is 0 Å². The Hall–Kier alpha value is -1.35. The van der Waals surface area contributed by atoms with Crippen molar-refractivity contribution in [1.82, 2.24) is 0 Å². The van der Waals surface area contributed by atoms with E-state index in [9.17, 15) is 9.90 Å². The average molecular weight is 222 g/mol. The van der Waals surface area contributed by atoms with Gasteiger partial charge in [0.15, 0.2) is 0 Å². The third kappa shape index (κ3) is 3.66. The van der Waals surface area contributed by atoms with Crippen molar-refractivity contribution in [3.8, 4) is 0 Å². The van der Waals surface area contributed by atoms with Gasteiger partial charge < -0.3 is 10.2 Å². The van der Waals surface area contributed by atoms with E-state index in [0.717, 1.165) is 24.8 Å². The van der Waals surface area contributed by atoms with Crippen LogP contribution in [-0.2, 0) is 6.42 Å². The summed E-state index contributed by atoms with van der Waals surface area (Å²) in [4.78, 5) is 10.9. The number of carboxylic acid groups (broad SMARTS) is 1. The van der Waals surface area contributed by atoms with Crippen LogP contribution in [0.5, 0.6) is 0 Å². The van der Waals surface area contributed by atoms with Crippen LogP contribution in [0.4, 0.5) is 0 Å². The van der Waals surface area contributed by atoms with Gasteiger partial charge in [0.2, 0.25) is 0 Å². The fourth-order valence-electron chi connectivity index (χ4n) is 1.68. The average Bonchev–Trinajstić information content (AvgIpc) is 2.29. The zero-order chi connectivity index (χ0) is 12.0. The van der Waals surface area contributed by atoms with Gasteiger partial charge in [0.25, 0.3) is 0 Å². The molecule has 88 valence electrons. The second-order valence-electron chi connectivity index (χ2n) is 3.92. The number of rotatable bonds is 6. The number of carboxylic acids is 1. The standard InChI is InChI=1S/C13H18O3/c1-2-11(14)8-5-7-10-6-3-4-9-12(10)13(15)16/h3-4,6,9,11,14H,2,5,7-8H2,1H3,(H,15,16). The topological polar surface area (TPSA) is 57.5 Å². The van der Waals surface area contributed by atoms with Crippen LogP contribution < -0.4 is 0 Å². The first-order valence-corrected chi connectivity index (χ1v) is 5.64. The zero-order valence-electron chi connectivity index (χ0n) is 9.52. The van der Waals surface area contributed by atoms with Gasteiger partial charge in [0.1, 0.15) is 0 Å². The largest absolute Gasteiger partial charge is 0.478 e. The molecule has 0 aliphatic rings. The van der Waals surface area contributed by atoms with E-state index in [4.69, 9.17) is 5.11 Å². The molecule has 0 aromatic heterocycles. The zero-order valence-corrected chi connectivity index (χ0v) is 9.52. The molecule has 0 bridgehead atoms. The van der Waals surface area contributed by atoms with Gasteiger partial charge in [-0.1, -0.05) is 25.1 Å². The normalized spacial score (nSPS) is 12.4. The molecule has 1 atom stereocenters. The van der Waals surface area contributed by atoms with Gasteiger partial charge in [-0.05, 0) is 37.3 Å². The highest BCUT2D eigenvalue weighted by molar-refractivity contribution is 5.89. The van der Waals surface area contributed by atoms with Crippen molar-refractivity contribution in [2.75, 3.05) is 0 Å². The first kappa shape index (κ1) is 12.7. The Balaban J connectivity index is 2.56. The Morgan fingerprint density at radius 2 is 2.06 bits per heavy atom. The minimum Gasteiger partial charge on any atom is -0.478 e. The first-order valence-electron chi connectivity index (χ1n) is 5.64. The van der Waals surface area contributed by atoms with E-state index in [1.54, 1.807) is 12.1 Å². The van der Waals surface area contributed by atoms with E-state index in [1.807, 2.05) is 19.1 Å². The molecular weight excluding hydrogens is 204 g/mol. The lowest BCUT2D eigenvalue weighted by atomic mass is 10.0. The molecule has 16 heavy (non-hydrogen) atoms. The Morgan fingerprint density at radius 1 is 1.38 bits per heavy atom. The number of aliphatic hydroxyl groups excluding tert-OH is 1. The quantitative estimate of drug-likeness (QED) is 0.777. The second kappa shape index (κ2) is 6.28. The molecule has 1 rings (SSSR count). The minimum absolute atomic E-state index is 0.267. The number of benzene rings is 1. The van der Waals surface area contributed by atoms with E-state index in [-0.39, 0.29) is 6.10 Å². The summed E-state index contributed by atoms with van der Waals surface area (Å²) in [5.74, 6) is -0.883. The summed E-state index contributed by atoms with van der Waals surface area (Å²) in [5.41, 5.74) is 1.21. The van der Waals surface area contributed by atoms with Crippen LogP contribution in [0.15, 0.2) is 24.3 Å². The van der Waals surface area contributed by atoms with Gasteiger partial charge in [-0.3, -0.25) is 0 Å². The van der Waals surface area contributed by atoms with Gasteiger partial charge in [0, 0.05) is 0 Å². The van der Waals surface area contributed by atoms with Crippen molar-refractivity contribution in [2.45, 2.75) is 38.7 Å². The van der Waals surface area contributed by atoms with Crippen molar-refractivity contribution in [3.05, 3.63) is 35.4 Å². The van der Waals surface area contributed by atoms with Gasteiger partial charge in [-0.2, -0.15) is 0 Å². The third-order valence-corrected chi connectivity index (χ3v) is 2.70. The number of carbonyl (C=O) groups is 1. The SMILES string of the molecule is CCC(O)CCCc1ccccc1C(=O)O. The molecule has 0 amide bonds. The molecule has 1 aromatic carbocycles. The molecule has 3 heteroatoms. The molecule has 0 saturated carbocycles. The van der Waals surface area contributed by atoms with Crippen molar-refractivity contribution in [2.24, 2.45) is 0 Å². The lowest BCUT2D eigenvalue weighted by molar-refractivity contribution is 0.0695. The maximum Gasteiger partial charge on any atom is 0.335 e. The van der Waals surface area contributed by atoms with E-state index in [1.165, 1.54) is 0 Å². The maximum atomic E-state index is 10.9. The predicted molar refractivity (Wildman–Crippen MR) is 62.6 cm³/mol. The van der Waals surface area contributed by atoms with Crippen molar-refractivity contribution in [1.29, 1.82) is 0 Å². The second-order valence-corrected chi connectivity index (χ2v) is 3.92. The Kier molecular flexibility index (Phi) is 4.99. The molecule has 0 radical (unpaired) electrons. The summed E-state index contributed by atoms with van der Waals surface area (Å²) in [6.45, 7) is 1.94. The van der Waals surface area contributed by atoms with E-state index in [2.05, 4.69) is 0 Å². The molecule has 2 N–H and O–H groups in total. The summed E-state index contributed by atoms with van der Waals surface area (Å²) in [6, 6.07) is 7.03. The molecule has 0 fully saturated rings. The Labute approximate surface area is 95.7 Å². The summed E-state index contributed by atoms with van der Waals surface area (Å²) >= 11 is 0. The van der Waals surface area contributed by atoms with E-state index >= 15 is 0 Å². The number of aryl methyl sites for hydroxylation is 1. The van der Waals surface area contributed by atoms with Crippen molar-refractivity contribution in [3.63, 3.8) is 0 Å². The Morgan fingerprint density at radius 3 is 2.69 bits per heavy atom. The van der Waals surface area contributed by atoms with Crippen LogP contribution in [0.1, 0.15) is 42.1 Å². The minimum atomic E-state index is -0.883. The molecule has 1 unspecified atom stereocenters. The Bertz CT molecular complexity index is 347. The lowest BCUT2D eigenvalue weighted by Gasteiger charge is -2.08. The van der Waals surface area contributed by atoms with E-state index < -0.39 is 5.97 Å². The summed E-state index contributed by atoms with van der Waals surface area (Å²) in [7, 11) is 0. The van der Waals surface area contributed by atoms with Crippen LogP contribution in [0.3, 0.4) is 0 Å². The molecule has 1 aromatic rings.